The van der Waals surface area contributed by atoms with Crippen molar-refractivity contribution in [3.8, 4) is 16.9 Å². The molecule has 6 rings (SSSR count). The van der Waals surface area contributed by atoms with Gasteiger partial charge in [-0.15, -0.1) is 0 Å². The average Bonchev–Trinajstić information content (AvgIpc) is 2.78. The summed E-state index contributed by atoms with van der Waals surface area (Å²) >= 11 is 0. The molecule has 1 heterocycles. The monoisotopic (exact) mass is 379 g/mol. The summed E-state index contributed by atoms with van der Waals surface area (Å²) in [6, 6.07) is 25.2. The maximum absolute atomic E-state index is 9.68. The van der Waals surface area contributed by atoms with Crippen LogP contribution in [0.4, 0.5) is 0 Å². The van der Waals surface area contributed by atoms with Gasteiger partial charge in [0.1, 0.15) is 5.75 Å². The lowest BCUT2D eigenvalue weighted by molar-refractivity contribution is 0.0286. The molecule has 1 aliphatic rings. The van der Waals surface area contributed by atoms with E-state index in [2.05, 4.69) is 53.8 Å². The molecule has 0 radical (unpaired) electrons. The van der Waals surface area contributed by atoms with E-state index in [1.165, 1.54) is 43.4 Å². The van der Waals surface area contributed by atoms with Crippen LogP contribution in [0.1, 0.15) is 11.7 Å². The number of nitrogens with one attached hydrogen (secondary N) is 1. The van der Waals surface area contributed by atoms with Crippen molar-refractivity contribution in [3.05, 3.63) is 78.4 Å². The van der Waals surface area contributed by atoms with Crippen LogP contribution in [-0.2, 0) is 4.74 Å². The van der Waals surface area contributed by atoms with Gasteiger partial charge in [-0.2, -0.15) is 0 Å². The van der Waals surface area contributed by atoms with Crippen molar-refractivity contribution in [1.29, 1.82) is 0 Å². The molecule has 1 atom stereocenters. The Hall–Kier alpha value is -3.14. The molecule has 0 bridgehead atoms. The molecule has 0 spiro atoms. The molecule has 5 aromatic rings. The van der Waals surface area contributed by atoms with E-state index in [0.29, 0.717) is 0 Å². The predicted molar refractivity (Wildman–Crippen MR) is 119 cm³/mol. The summed E-state index contributed by atoms with van der Waals surface area (Å²) in [5, 5.41) is 20.8. The number of benzene rings is 5. The first kappa shape index (κ1) is 16.8. The van der Waals surface area contributed by atoms with Crippen molar-refractivity contribution in [2.75, 3.05) is 19.7 Å². The van der Waals surface area contributed by atoms with E-state index in [4.69, 9.17) is 4.74 Å². The second kappa shape index (κ2) is 6.45. The molecular weight excluding hydrogens is 358 g/mol. The van der Waals surface area contributed by atoms with Gasteiger partial charge < -0.3 is 15.2 Å². The second-order valence-corrected chi connectivity index (χ2v) is 7.80. The molecule has 0 amide bonds. The molecule has 0 aromatic heterocycles. The number of hydrogen-bond acceptors (Lipinski definition) is 3. The molecule has 1 saturated heterocycles. The first-order chi connectivity index (χ1) is 14.3. The summed E-state index contributed by atoms with van der Waals surface area (Å²) in [6.07, 6.45) is 0.0879. The summed E-state index contributed by atoms with van der Waals surface area (Å²) < 4.78 is 6.07. The summed E-state index contributed by atoms with van der Waals surface area (Å²) in [4.78, 5) is 0. The second-order valence-electron chi connectivity index (χ2n) is 7.80. The fraction of sp³-hybridized carbons (Fsp3) is 0.154. The van der Waals surface area contributed by atoms with Gasteiger partial charge in [0, 0.05) is 13.1 Å². The van der Waals surface area contributed by atoms with Crippen LogP contribution in [0, 0.1) is 0 Å². The number of aromatic hydroxyl groups is 1. The summed E-state index contributed by atoms with van der Waals surface area (Å²) in [7, 11) is 0. The molecule has 5 aromatic carbocycles. The van der Waals surface area contributed by atoms with Crippen LogP contribution >= 0.6 is 0 Å². The summed E-state index contributed by atoms with van der Waals surface area (Å²) in [5.74, 6) is 0.289. The Balaban J connectivity index is 1.66. The van der Waals surface area contributed by atoms with Crippen LogP contribution in [0.15, 0.2) is 72.8 Å². The van der Waals surface area contributed by atoms with Gasteiger partial charge in [-0.1, -0.05) is 60.7 Å². The fourth-order valence-corrected chi connectivity index (χ4v) is 4.76. The Kier molecular flexibility index (Phi) is 3.73. The predicted octanol–water partition coefficient (Wildman–Crippen LogP) is 5.62. The molecule has 3 heteroatoms. The Labute approximate surface area is 168 Å². The topological polar surface area (TPSA) is 41.5 Å². The zero-order chi connectivity index (χ0) is 19.4. The van der Waals surface area contributed by atoms with Crippen LogP contribution in [0.3, 0.4) is 0 Å². The number of hydrogen-bond donors (Lipinski definition) is 2. The van der Waals surface area contributed by atoms with Crippen LogP contribution in [0.25, 0.3) is 43.4 Å². The van der Waals surface area contributed by atoms with Gasteiger partial charge in [0.25, 0.3) is 0 Å². The van der Waals surface area contributed by atoms with Crippen LogP contribution < -0.4 is 5.32 Å². The van der Waals surface area contributed by atoms with E-state index in [1.807, 2.05) is 12.1 Å². The minimum atomic E-state index is 0.0879. The molecule has 1 unspecified atom stereocenters. The molecular formula is C26H21NO2. The molecule has 3 nitrogen and oxygen atoms in total. The largest absolute Gasteiger partial charge is 0.508 e. The minimum absolute atomic E-state index is 0.0879. The third-order valence-corrected chi connectivity index (χ3v) is 6.15. The third kappa shape index (κ3) is 2.59. The lowest BCUT2D eigenvalue weighted by atomic mass is 9.87. The number of rotatable bonds is 2. The Bertz CT molecular complexity index is 1330. The Morgan fingerprint density at radius 1 is 0.759 bits per heavy atom. The van der Waals surface area contributed by atoms with Gasteiger partial charge in [0.05, 0.1) is 12.7 Å². The first-order valence-corrected chi connectivity index (χ1v) is 10.1. The molecule has 2 N–H and O–H groups in total. The smallest absolute Gasteiger partial charge is 0.115 e. The number of ether oxygens (including phenoxy) is 1. The van der Waals surface area contributed by atoms with Crippen molar-refractivity contribution in [1.82, 2.24) is 5.32 Å². The molecule has 0 aliphatic carbocycles. The van der Waals surface area contributed by atoms with Gasteiger partial charge in [-0.05, 0) is 61.1 Å². The summed E-state index contributed by atoms with van der Waals surface area (Å²) in [6.45, 7) is 2.51. The maximum Gasteiger partial charge on any atom is 0.115 e. The van der Waals surface area contributed by atoms with Crippen LogP contribution in [-0.4, -0.2) is 24.8 Å². The van der Waals surface area contributed by atoms with Crippen molar-refractivity contribution >= 4 is 32.3 Å². The zero-order valence-corrected chi connectivity index (χ0v) is 16.0. The highest BCUT2D eigenvalue weighted by molar-refractivity contribution is 6.26. The van der Waals surface area contributed by atoms with Gasteiger partial charge in [-0.25, -0.2) is 0 Å². The maximum atomic E-state index is 9.68. The summed E-state index contributed by atoms with van der Waals surface area (Å²) in [5.41, 5.74) is 3.56. The Morgan fingerprint density at radius 2 is 1.45 bits per heavy atom. The lowest BCUT2D eigenvalue weighted by Gasteiger charge is -2.26. The van der Waals surface area contributed by atoms with E-state index in [0.717, 1.165) is 25.3 Å². The van der Waals surface area contributed by atoms with Crippen LogP contribution in [0.5, 0.6) is 5.75 Å². The zero-order valence-electron chi connectivity index (χ0n) is 16.0. The SMILES string of the molecule is Oc1ccc(-c2ccc3ccc4c(C5CNCCO5)ccc5ccc2c3c54)cc1. The molecule has 1 aliphatic heterocycles. The standard InChI is InChI=1S/C26H21NO2/c28-19-7-1-16(2-8-19)20-9-3-17-6-12-23-21(24-15-27-13-14-29-24)10-4-18-5-11-22(20)25(17)26(18)23/h1-12,24,27-28H,13-15H2. The molecule has 1 fully saturated rings. The third-order valence-electron chi connectivity index (χ3n) is 6.15. The molecule has 29 heavy (non-hydrogen) atoms. The van der Waals surface area contributed by atoms with Crippen molar-refractivity contribution < 1.29 is 9.84 Å². The van der Waals surface area contributed by atoms with Crippen LogP contribution in [0.2, 0.25) is 0 Å². The van der Waals surface area contributed by atoms with Gasteiger partial charge in [-0.3, -0.25) is 0 Å². The molecule has 142 valence electrons. The Morgan fingerprint density at radius 3 is 2.21 bits per heavy atom. The number of phenolic OH excluding ortho intramolecular Hbond substituents is 1. The van der Waals surface area contributed by atoms with Gasteiger partial charge in [0.2, 0.25) is 0 Å². The quantitative estimate of drug-likeness (QED) is 0.391. The first-order valence-electron chi connectivity index (χ1n) is 10.1. The lowest BCUT2D eigenvalue weighted by Crippen LogP contribution is -2.33. The highest BCUT2D eigenvalue weighted by Gasteiger charge is 2.20. The van der Waals surface area contributed by atoms with Gasteiger partial charge >= 0.3 is 0 Å². The van der Waals surface area contributed by atoms with E-state index in [-0.39, 0.29) is 11.9 Å². The fourth-order valence-electron chi connectivity index (χ4n) is 4.76. The number of phenols is 1. The minimum Gasteiger partial charge on any atom is -0.508 e. The van der Waals surface area contributed by atoms with Crippen molar-refractivity contribution in [2.24, 2.45) is 0 Å². The van der Waals surface area contributed by atoms with E-state index in [1.54, 1.807) is 12.1 Å². The number of morpholine rings is 1. The van der Waals surface area contributed by atoms with Crippen molar-refractivity contribution in [3.63, 3.8) is 0 Å². The average molecular weight is 379 g/mol. The van der Waals surface area contributed by atoms with E-state index in [9.17, 15) is 5.11 Å². The molecule has 0 saturated carbocycles. The van der Waals surface area contributed by atoms with E-state index < -0.39 is 0 Å². The van der Waals surface area contributed by atoms with Gasteiger partial charge in [0.15, 0.2) is 0 Å². The van der Waals surface area contributed by atoms with Crippen molar-refractivity contribution in [2.45, 2.75) is 6.10 Å². The highest BCUT2D eigenvalue weighted by atomic mass is 16.5. The normalized spacial score (nSPS) is 17.4. The van der Waals surface area contributed by atoms with E-state index >= 15 is 0 Å². The highest BCUT2D eigenvalue weighted by Crippen LogP contribution is 2.41.